The zero-order valence-corrected chi connectivity index (χ0v) is 10.8. The van der Waals surface area contributed by atoms with Crippen LogP contribution in [0.2, 0.25) is 0 Å². The average Bonchev–Trinajstić information content (AvgIpc) is 2.85. The van der Waals surface area contributed by atoms with Crippen molar-refractivity contribution in [3.8, 4) is 0 Å². The van der Waals surface area contributed by atoms with E-state index in [9.17, 15) is 4.39 Å². The fourth-order valence-electron chi connectivity index (χ4n) is 1.74. The van der Waals surface area contributed by atoms with Crippen molar-refractivity contribution < 1.29 is 4.39 Å². The van der Waals surface area contributed by atoms with Gasteiger partial charge in [0, 0.05) is 5.69 Å². The molecule has 0 amide bonds. The fraction of sp³-hybridized carbons (Fsp3) is 0.0833. The number of aromatic amines is 1. The first-order valence-corrected chi connectivity index (χ1v) is 6.76. The van der Waals surface area contributed by atoms with Crippen LogP contribution in [0, 0.1) is 5.82 Å². The Hall–Kier alpha value is -2.15. The lowest BCUT2D eigenvalue weighted by Gasteiger charge is -2.06. The van der Waals surface area contributed by atoms with E-state index in [2.05, 4.69) is 25.5 Å². The highest BCUT2D eigenvalue weighted by molar-refractivity contribution is 7.98. The maximum Gasteiger partial charge on any atom is 0.161 e. The van der Waals surface area contributed by atoms with Gasteiger partial charge in [-0.2, -0.15) is 5.10 Å². The standard InChI is InChI=1S/C12H10FN5S/c1-19-12-9-10(14-6-15-11(9)17-18-12)16-8-4-2-7(13)3-5-8/h2-6H,1H3,(H2,14,15,16,17,18). The Morgan fingerprint density at radius 3 is 2.74 bits per heavy atom. The Balaban J connectivity index is 2.04. The summed E-state index contributed by atoms with van der Waals surface area (Å²) < 4.78 is 12.9. The van der Waals surface area contributed by atoms with Crippen molar-refractivity contribution in [2.45, 2.75) is 5.03 Å². The Kier molecular flexibility index (Phi) is 3.04. The minimum atomic E-state index is -0.272. The zero-order valence-electron chi connectivity index (χ0n) is 10.0. The van der Waals surface area contributed by atoms with Gasteiger partial charge in [0.15, 0.2) is 5.65 Å². The molecule has 2 N–H and O–H groups in total. The first-order valence-electron chi connectivity index (χ1n) is 5.53. The van der Waals surface area contributed by atoms with Crippen LogP contribution in [-0.4, -0.2) is 26.4 Å². The minimum absolute atomic E-state index is 0.272. The van der Waals surface area contributed by atoms with E-state index < -0.39 is 0 Å². The van der Waals surface area contributed by atoms with Crippen LogP contribution in [0.3, 0.4) is 0 Å². The van der Waals surface area contributed by atoms with Gasteiger partial charge in [-0.25, -0.2) is 14.4 Å². The molecular formula is C12H10FN5S. The summed E-state index contributed by atoms with van der Waals surface area (Å²) in [6, 6.07) is 6.10. The number of anilines is 2. The van der Waals surface area contributed by atoms with E-state index in [1.165, 1.54) is 30.2 Å². The Morgan fingerprint density at radius 2 is 2.00 bits per heavy atom. The summed E-state index contributed by atoms with van der Waals surface area (Å²) in [5.41, 5.74) is 1.43. The third-order valence-corrected chi connectivity index (χ3v) is 3.31. The normalized spacial score (nSPS) is 10.8. The lowest BCUT2D eigenvalue weighted by atomic mass is 10.3. The van der Waals surface area contributed by atoms with Crippen molar-refractivity contribution in [2.24, 2.45) is 0 Å². The van der Waals surface area contributed by atoms with Crippen LogP contribution in [-0.2, 0) is 0 Å². The molecule has 19 heavy (non-hydrogen) atoms. The summed E-state index contributed by atoms with van der Waals surface area (Å²) >= 11 is 1.51. The largest absolute Gasteiger partial charge is 0.339 e. The van der Waals surface area contributed by atoms with E-state index >= 15 is 0 Å². The zero-order chi connectivity index (χ0) is 13.2. The van der Waals surface area contributed by atoms with Gasteiger partial charge in [0.2, 0.25) is 0 Å². The van der Waals surface area contributed by atoms with Gasteiger partial charge in [-0.15, -0.1) is 11.8 Å². The van der Waals surface area contributed by atoms with Gasteiger partial charge in [0.1, 0.15) is 23.0 Å². The van der Waals surface area contributed by atoms with Crippen molar-refractivity contribution in [1.82, 2.24) is 20.2 Å². The first kappa shape index (κ1) is 11.9. The first-order chi connectivity index (χ1) is 9.28. The molecule has 2 heterocycles. The van der Waals surface area contributed by atoms with Gasteiger partial charge in [-0.3, -0.25) is 5.10 Å². The Bertz CT molecular complexity index is 710. The molecule has 0 fully saturated rings. The number of halogens is 1. The number of thioether (sulfide) groups is 1. The molecule has 0 saturated carbocycles. The minimum Gasteiger partial charge on any atom is -0.339 e. The van der Waals surface area contributed by atoms with Gasteiger partial charge in [0.25, 0.3) is 0 Å². The number of nitrogens with one attached hydrogen (secondary N) is 2. The molecule has 0 unspecified atom stereocenters. The lowest BCUT2D eigenvalue weighted by molar-refractivity contribution is 0.628. The third-order valence-electron chi connectivity index (χ3n) is 2.62. The monoisotopic (exact) mass is 275 g/mol. The summed E-state index contributed by atoms with van der Waals surface area (Å²) in [6.45, 7) is 0. The highest BCUT2D eigenvalue weighted by Gasteiger charge is 2.12. The predicted octanol–water partition coefficient (Wildman–Crippen LogP) is 2.96. The average molecular weight is 275 g/mol. The number of fused-ring (bicyclic) bond motifs is 1. The number of benzene rings is 1. The van der Waals surface area contributed by atoms with Crippen LogP contribution in [0.4, 0.5) is 15.9 Å². The molecule has 2 aromatic heterocycles. The summed E-state index contributed by atoms with van der Waals surface area (Å²) in [4.78, 5) is 8.34. The molecule has 3 rings (SSSR count). The molecule has 96 valence electrons. The fourth-order valence-corrected chi connectivity index (χ4v) is 2.28. The van der Waals surface area contributed by atoms with Gasteiger partial charge >= 0.3 is 0 Å². The third kappa shape index (κ3) is 2.24. The molecule has 0 aliphatic rings. The summed E-state index contributed by atoms with van der Waals surface area (Å²) in [7, 11) is 0. The smallest absolute Gasteiger partial charge is 0.161 e. The van der Waals surface area contributed by atoms with E-state index in [-0.39, 0.29) is 5.82 Å². The number of aromatic nitrogens is 4. The molecule has 7 heteroatoms. The van der Waals surface area contributed by atoms with Crippen LogP contribution in [0.5, 0.6) is 0 Å². The van der Waals surface area contributed by atoms with Gasteiger partial charge in [-0.1, -0.05) is 0 Å². The summed E-state index contributed by atoms with van der Waals surface area (Å²) in [5.74, 6) is 0.376. The number of H-pyrrole nitrogens is 1. The Morgan fingerprint density at radius 1 is 1.21 bits per heavy atom. The van der Waals surface area contributed by atoms with Crippen LogP contribution in [0.25, 0.3) is 11.0 Å². The van der Waals surface area contributed by atoms with Crippen LogP contribution < -0.4 is 5.32 Å². The van der Waals surface area contributed by atoms with Gasteiger partial charge in [-0.05, 0) is 30.5 Å². The second-order valence-corrected chi connectivity index (χ2v) is 4.61. The molecule has 0 spiro atoms. The van der Waals surface area contributed by atoms with Crippen LogP contribution in [0.15, 0.2) is 35.6 Å². The molecule has 0 bridgehead atoms. The summed E-state index contributed by atoms with van der Waals surface area (Å²) in [6.07, 6.45) is 3.39. The quantitative estimate of drug-likeness (QED) is 0.719. The molecule has 0 aliphatic heterocycles. The number of hydrogen-bond acceptors (Lipinski definition) is 5. The maximum atomic E-state index is 12.9. The van der Waals surface area contributed by atoms with Crippen molar-refractivity contribution in [1.29, 1.82) is 0 Å². The second-order valence-electron chi connectivity index (χ2n) is 3.81. The topological polar surface area (TPSA) is 66.5 Å². The number of hydrogen-bond donors (Lipinski definition) is 2. The van der Waals surface area contributed by atoms with E-state index in [4.69, 9.17) is 0 Å². The van der Waals surface area contributed by atoms with E-state index in [1.807, 2.05) is 6.26 Å². The van der Waals surface area contributed by atoms with Crippen LogP contribution in [0.1, 0.15) is 0 Å². The summed E-state index contributed by atoms with van der Waals surface area (Å²) in [5, 5.41) is 11.8. The van der Waals surface area contributed by atoms with E-state index in [1.54, 1.807) is 12.1 Å². The SMILES string of the molecule is CSc1n[nH]c2ncnc(Nc3ccc(F)cc3)c12. The van der Waals surface area contributed by atoms with E-state index in [0.717, 1.165) is 16.1 Å². The molecule has 1 aromatic carbocycles. The van der Waals surface area contributed by atoms with Crippen molar-refractivity contribution in [3.05, 3.63) is 36.4 Å². The molecule has 0 atom stereocenters. The van der Waals surface area contributed by atoms with E-state index in [0.29, 0.717) is 11.5 Å². The Labute approximate surface area is 112 Å². The highest BCUT2D eigenvalue weighted by atomic mass is 32.2. The molecular weight excluding hydrogens is 265 g/mol. The number of rotatable bonds is 3. The lowest BCUT2D eigenvalue weighted by Crippen LogP contribution is -1.95. The molecule has 0 saturated heterocycles. The van der Waals surface area contributed by atoms with Gasteiger partial charge < -0.3 is 5.32 Å². The predicted molar refractivity (Wildman–Crippen MR) is 73.1 cm³/mol. The van der Waals surface area contributed by atoms with Gasteiger partial charge in [0.05, 0.1) is 5.39 Å². The second kappa shape index (κ2) is 4.85. The molecule has 3 aromatic rings. The van der Waals surface area contributed by atoms with Crippen molar-refractivity contribution in [3.63, 3.8) is 0 Å². The van der Waals surface area contributed by atoms with Crippen molar-refractivity contribution in [2.75, 3.05) is 11.6 Å². The number of nitrogens with zero attached hydrogens (tertiary/aromatic N) is 3. The molecule has 0 radical (unpaired) electrons. The molecule has 0 aliphatic carbocycles. The maximum absolute atomic E-state index is 12.9. The highest BCUT2D eigenvalue weighted by Crippen LogP contribution is 2.29. The molecule has 5 nitrogen and oxygen atoms in total. The van der Waals surface area contributed by atoms with Crippen LogP contribution >= 0.6 is 11.8 Å². The van der Waals surface area contributed by atoms with Crippen molar-refractivity contribution >= 4 is 34.3 Å².